The van der Waals surface area contributed by atoms with Gasteiger partial charge < -0.3 is 19.9 Å². The van der Waals surface area contributed by atoms with Crippen LogP contribution in [0, 0.1) is 0 Å². The van der Waals surface area contributed by atoms with E-state index in [1.165, 1.54) is 10.5 Å². The molecule has 0 aliphatic heterocycles. The van der Waals surface area contributed by atoms with Gasteiger partial charge in [0.05, 0.1) is 20.8 Å². The highest BCUT2D eigenvalue weighted by Gasteiger charge is 2.04. The van der Waals surface area contributed by atoms with Gasteiger partial charge in [-0.1, -0.05) is 18.2 Å². The molecule has 0 saturated heterocycles. The van der Waals surface area contributed by atoms with Crippen molar-refractivity contribution in [3.8, 4) is 11.5 Å². The Hall–Kier alpha value is -1.69. The predicted molar refractivity (Wildman–Crippen MR) is 99.2 cm³/mol. The molecule has 0 unspecified atom stereocenters. The first-order chi connectivity index (χ1) is 11.8. The molecule has 2 N–H and O–H groups in total. The van der Waals surface area contributed by atoms with Crippen molar-refractivity contribution in [3.63, 3.8) is 0 Å². The summed E-state index contributed by atoms with van der Waals surface area (Å²) in [6.45, 7) is 1.96. The van der Waals surface area contributed by atoms with Gasteiger partial charge in [-0.2, -0.15) is 0 Å². The van der Waals surface area contributed by atoms with Crippen molar-refractivity contribution in [1.82, 2.24) is 5.32 Å². The molecule has 0 saturated carbocycles. The van der Waals surface area contributed by atoms with Crippen LogP contribution in [0.2, 0.25) is 0 Å². The van der Waals surface area contributed by atoms with Crippen molar-refractivity contribution in [3.05, 3.63) is 53.6 Å². The van der Waals surface area contributed by atoms with E-state index in [0.717, 1.165) is 42.3 Å². The maximum atomic E-state index is 9.14. The van der Waals surface area contributed by atoms with Gasteiger partial charge in [-0.05, 0) is 48.4 Å². The second kappa shape index (κ2) is 10.2. The van der Waals surface area contributed by atoms with E-state index in [9.17, 15) is 0 Å². The first kappa shape index (κ1) is 18.6. The zero-order valence-corrected chi connectivity index (χ0v) is 15.1. The van der Waals surface area contributed by atoms with Crippen molar-refractivity contribution >= 4 is 11.8 Å². The molecule has 4 nitrogen and oxygen atoms in total. The summed E-state index contributed by atoms with van der Waals surface area (Å²) in [6, 6.07) is 14.1. The summed E-state index contributed by atoms with van der Waals surface area (Å²) in [7, 11) is 3.30. The van der Waals surface area contributed by atoms with Gasteiger partial charge in [-0.25, -0.2) is 0 Å². The van der Waals surface area contributed by atoms with E-state index in [0.29, 0.717) is 0 Å². The largest absolute Gasteiger partial charge is 0.493 e. The average Bonchev–Trinajstić information content (AvgIpc) is 2.64. The minimum Gasteiger partial charge on any atom is -0.493 e. The monoisotopic (exact) mass is 347 g/mol. The molecule has 2 rings (SSSR count). The number of hydrogen-bond acceptors (Lipinski definition) is 5. The number of aliphatic hydroxyl groups excluding tert-OH is 1. The average molecular weight is 347 g/mol. The highest BCUT2D eigenvalue weighted by Crippen LogP contribution is 2.27. The fraction of sp³-hybridized carbons (Fsp3) is 0.368. The number of ether oxygens (including phenoxy) is 2. The lowest BCUT2D eigenvalue weighted by Gasteiger charge is -2.10. The number of rotatable bonds is 10. The standard InChI is InChI=1S/C19H25NO3S/c1-22-18-7-6-15(13-19(18)23-2)8-9-20-10-11-24-17-5-3-4-16(12-17)14-21/h3-7,12-13,20-21H,8-11,14H2,1-2H3. The molecule has 0 fully saturated rings. The van der Waals surface area contributed by atoms with Crippen LogP contribution in [0.1, 0.15) is 11.1 Å². The second-order valence-corrected chi connectivity index (χ2v) is 6.51. The van der Waals surface area contributed by atoms with E-state index in [2.05, 4.69) is 17.4 Å². The summed E-state index contributed by atoms with van der Waals surface area (Å²) in [5.74, 6) is 2.53. The third kappa shape index (κ3) is 5.74. The number of hydrogen-bond donors (Lipinski definition) is 2. The van der Waals surface area contributed by atoms with Gasteiger partial charge in [0, 0.05) is 17.2 Å². The lowest BCUT2D eigenvalue weighted by molar-refractivity contribution is 0.281. The van der Waals surface area contributed by atoms with E-state index < -0.39 is 0 Å². The topological polar surface area (TPSA) is 50.7 Å². The van der Waals surface area contributed by atoms with Crippen molar-refractivity contribution < 1.29 is 14.6 Å². The van der Waals surface area contributed by atoms with Crippen molar-refractivity contribution in [2.24, 2.45) is 0 Å². The lowest BCUT2D eigenvalue weighted by Crippen LogP contribution is -2.20. The molecule has 2 aromatic rings. The van der Waals surface area contributed by atoms with Gasteiger partial charge in [0.25, 0.3) is 0 Å². The molecule has 2 aromatic carbocycles. The Bertz CT molecular complexity index is 634. The van der Waals surface area contributed by atoms with Crippen molar-refractivity contribution in [2.75, 3.05) is 33.1 Å². The SMILES string of the molecule is COc1ccc(CCNCCSc2cccc(CO)c2)cc1OC. The van der Waals surface area contributed by atoms with Gasteiger partial charge in [-0.3, -0.25) is 0 Å². The minimum atomic E-state index is 0.0952. The van der Waals surface area contributed by atoms with Gasteiger partial charge >= 0.3 is 0 Å². The van der Waals surface area contributed by atoms with Crippen molar-refractivity contribution in [1.29, 1.82) is 0 Å². The highest BCUT2D eigenvalue weighted by atomic mass is 32.2. The molecule has 0 heterocycles. The molecule has 0 aliphatic carbocycles. The third-order valence-electron chi connectivity index (χ3n) is 3.67. The summed E-state index contributed by atoms with van der Waals surface area (Å²) in [6.07, 6.45) is 0.949. The zero-order chi connectivity index (χ0) is 17.2. The Labute approximate surface area is 148 Å². The molecule has 0 aromatic heterocycles. The Morgan fingerprint density at radius 3 is 2.54 bits per heavy atom. The predicted octanol–water partition coefficient (Wildman–Crippen LogP) is 3.12. The molecule has 0 spiro atoms. The first-order valence-corrected chi connectivity index (χ1v) is 8.99. The Kier molecular flexibility index (Phi) is 7.95. The highest BCUT2D eigenvalue weighted by molar-refractivity contribution is 7.99. The van der Waals surface area contributed by atoms with Crippen LogP contribution < -0.4 is 14.8 Å². The van der Waals surface area contributed by atoms with E-state index >= 15 is 0 Å². The Balaban J connectivity index is 1.68. The summed E-state index contributed by atoms with van der Waals surface area (Å²) in [5.41, 5.74) is 2.19. The summed E-state index contributed by atoms with van der Waals surface area (Å²) in [5, 5.41) is 12.6. The molecule has 0 atom stereocenters. The summed E-state index contributed by atoms with van der Waals surface area (Å²) >= 11 is 1.80. The number of thioether (sulfide) groups is 1. The zero-order valence-electron chi connectivity index (χ0n) is 14.2. The molecule has 0 radical (unpaired) electrons. The quantitative estimate of drug-likeness (QED) is 0.511. The minimum absolute atomic E-state index is 0.0952. The molecule has 0 aliphatic rings. The van der Waals surface area contributed by atoms with Crippen LogP contribution in [0.5, 0.6) is 11.5 Å². The number of benzene rings is 2. The van der Waals surface area contributed by atoms with E-state index in [4.69, 9.17) is 14.6 Å². The number of aliphatic hydroxyl groups is 1. The molecular formula is C19H25NO3S. The van der Waals surface area contributed by atoms with Crippen LogP contribution in [-0.4, -0.2) is 38.2 Å². The smallest absolute Gasteiger partial charge is 0.160 e. The van der Waals surface area contributed by atoms with E-state index in [1.54, 1.807) is 26.0 Å². The van der Waals surface area contributed by atoms with Gasteiger partial charge in [0.2, 0.25) is 0 Å². The molecule has 0 bridgehead atoms. The van der Waals surface area contributed by atoms with Gasteiger partial charge in [0.1, 0.15) is 0 Å². The van der Waals surface area contributed by atoms with E-state index in [-0.39, 0.29) is 6.61 Å². The Morgan fingerprint density at radius 2 is 1.79 bits per heavy atom. The van der Waals surface area contributed by atoms with Crippen LogP contribution in [-0.2, 0) is 13.0 Å². The normalized spacial score (nSPS) is 10.6. The van der Waals surface area contributed by atoms with Crippen LogP contribution in [0.4, 0.5) is 0 Å². The fourth-order valence-electron chi connectivity index (χ4n) is 2.37. The van der Waals surface area contributed by atoms with Crippen LogP contribution in [0.15, 0.2) is 47.4 Å². The fourth-order valence-corrected chi connectivity index (χ4v) is 3.26. The molecule has 24 heavy (non-hydrogen) atoms. The van der Waals surface area contributed by atoms with Crippen LogP contribution in [0.3, 0.4) is 0 Å². The molecule has 0 amide bonds. The molecular weight excluding hydrogens is 322 g/mol. The lowest BCUT2D eigenvalue weighted by atomic mass is 10.1. The maximum Gasteiger partial charge on any atom is 0.160 e. The summed E-state index contributed by atoms with van der Waals surface area (Å²) in [4.78, 5) is 1.20. The number of methoxy groups -OCH3 is 2. The first-order valence-electron chi connectivity index (χ1n) is 8.01. The Morgan fingerprint density at radius 1 is 0.958 bits per heavy atom. The van der Waals surface area contributed by atoms with Gasteiger partial charge in [0.15, 0.2) is 11.5 Å². The number of nitrogens with one attached hydrogen (secondary N) is 1. The van der Waals surface area contributed by atoms with Crippen LogP contribution in [0.25, 0.3) is 0 Å². The maximum absolute atomic E-state index is 9.14. The van der Waals surface area contributed by atoms with E-state index in [1.807, 2.05) is 30.3 Å². The van der Waals surface area contributed by atoms with Gasteiger partial charge in [-0.15, -0.1) is 11.8 Å². The summed E-state index contributed by atoms with van der Waals surface area (Å²) < 4.78 is 10.6. The second-order valence-electron chi connectivity index (χ2n) is 5.34. The third-order valence-corrected chi connectivity index (χ3v) is 4.66. The van der Waals surface area contributed by atoms with Crippen molar-refractivity contribution in [2.45, 2.75) is 17.9 Å². The molecule has 5 heteroatoms. The van der Waals surface area contributed by atoms with Crippen LogP contribution >= 0.6 is 11.8 Å². The molecule has 130 valence electrons.